The quantitative estimate of drug-likeness (QED) is 0.189. The molecular weight excluding hydrogens is 493 g/mol. The van der Waals surface area contributed by atoms with Crippen LogP contribution in [0.1, 0.15) is 50.6 Å². The molecule has 4 aromatic rings. The molecule has 38 heavy (non-hydrogen) atoms. The zero-order valence-electron chi connectivity index (χ0n) is 21.7. The molecule has 1 aromatic carbocycles. The van der Waals surface area contributed by atoms with E-state index in [9.17, 15) is 23.4 Å². The van der Waals surface area contributed by atoms with Gasteiger partial charge in [0.2, 0.25) is 0 Å². The first kappa shape index (κ1) is 27.6. The van der Waals surface area contributed by atoms with Gasteiger partial charge in [0.25, 0.3) is 0 Å². The van der Waals surface area contributed by atoms with Crippen molar-refractivity contribution in [3.63, 3.8) is 0 Å². The van der Waals surface area contributed by atoms with Crippen LogP contribution in [0.3, 0.4) is 0 Å². The summed E-state index contributed by atoms with van der Waals surface area (Å²) in [5, 5.41) is 25.7. The van der Waals surface area contributed by atoms with Gasteiger partial charge in [-0.05, 0) is 60.7 Å². The highest BCUT2D eigenvalue weighted by molar-refractivity contribution is 5.80. The van der Waals surface area contributed by atoms with Crippen LogP contribution < -0.4 is 5.32 Å². The number of hydrogen-bond donors (Lipinski definition) is 4. The van der Waals surface area contributed by atoms with Crippen molar-refractivity contribution in [2.75, 3.05) is 6.54 Å². The van der Waals surface area contributed by atoms with Crippen LogP contribution in [0, 0.1) is 0 Å². The Morgan fingerprint density at radius 2 is 1.82 bits per heavy atom. The minimum atomic E-state index is -4.91. The van der Waals surface area contributed by atoms with Crippen molar-refractivity contribution in [2.45, 2.75) is 63.8 Å². The summed E-state index contributed by atoms with van der Waals surface area (Å²) in [7, 11) is 0. The zero-order valence-corrected chi connectivity index (χ0v) is 21.7. The number of aromatic amines is 1. The lowest BCUT2D eigenvalue weighted by molar-refractivity contribution is -0.266. The minimum Gasteiger partial charge on any atom is -0.508 e. The highest BCUT2D eigenvalue weighted by Crippen LogP contribution is 2.45. The van der Waals surface area contributed by atoms with Crippen molar-refractivity contribution < 1.29 is 23.4 Å². The fourth-order valence-electron chi connectivity index (χ4n) is 4.92. The number of phenolic OH excluding ortho intramolecular Hbond substituents is 1. The second-order valence-electron chi connectivity index (χ2n) is 10.5. The SMILES string of the molecule is CCCNCc1cc2cc(CC(O)(CC(C)(C)c3cc(-c4cccnc4)ccc3O)C(F)(F)F)[nH]c2cn1. The van der Waals surface area contributed by atoms with E-state index in [1.165, 1.54) is 6.07 Å². The maximum Gasteiger partial charge on any atom is 0.417 e. The molecule has 4 rings (SSSR count). The van der Waals surface area contributed by atoms with Gasteiger partial charge in [-0.25, -0.2) is 0 Å². The standard InChI is InChI=1S/C29H33F3N4O2/c1-4-9-33-16-23-12-21-11-22(36-25(21)17-35-23)14-28(38,29(30,31)32)18-27(2,3)24-13-19(7-8-26(24)37)20-6-5-10-34-15-20/h5-8,10-13,15,17,33,36-38H,4,9,14,16,18H2,1-3H3. The van der Waals surface area contributed by atoms with E-state index in [0.29, 0.717) is 23.2 Å². The van der Waals surface area contributed by atoms with E-state index in [1.54, 1.807) is 56.7 Å². The average molecular weight is 527 g/mol. The van der Waals surface area contributed by atoms with E-state index >= 15 is 0 Å². The van der Waals surface area contributed by atoms with Gasteiger partial charge in [-0.15, -0.1) is 0 Å². The van der Waals surface area contributed by atoms with Crippen LogP contribution in [0.15, 0.2) is 61.1 Å². The molecule has 0 spiro atoms. The van der Waals surface area contributed by atoms with Gasteiger partial charge in [0, 0.05) is 47.6 Å². The smallest absolute Gasteiger partial charge is 0.417 e. The molecule has 0 fully saturated rings. The highest BCUT2D eigenvalue weighted by atomic mass is 19.4. The Kier molecular flexibility index (Phi) is 7.80. The minimum absolute atomic E-state index is 0.131. The normalized spacial score (nSPS) is 14.1. The maximum atomic E-state index is 14.4. The predicted octanol–water partition coefficient (Wildman–Crippen LogP) is 6.03. The fourth-order valence-corrected chi connectivity index (χ4v) is 4.92. The molecule has 0 amide bonds. The molecule has 9 heteroatoms. The van der Waals surface area contributed by atoms with Gasteiger partial charge in [-0.1, -0.05) is 32.9 Å². The Labute approximate surface area is 220 Å². The summed E-state index contributed by atoms with van der Waals surface area (Å²) < 4.78 is 43.3. The third-order valence-electron chi connectivity index (χ3n) is 6.82. The summed E-state index contributed by atoms with van der Waals surface area (Å²) in [6, 6.07) is 11.9. The first-order valence-electron chi connectivity index (χ1n) is 12.6. The van der Waals surface area contributed by atoms with Gasteiger partial charge < -0.3 is 20.5 Å². The van der Waals surface area contributed by atoms with Crippen molar-refractivity contribution in [1.29, 1.82) is 0 Å². The Morgan fingerprint density at radius 3 is 2.50 bits per heavy atom. The summed E-state index contributed by atoms with van der Waals surface area (Å²) in [6.45, 7) is 6.65. The predicted molar refractivity (Wildman–Crippen MR) is 142 cm³/mol. The molecule has 6 nitrogen and oxygen atoms in total. The van der Waals surface area contributed by atoms with Crippen molar-refractivity contribution in [1.82, 2.24) is 20.3 Å². The number of nitrogens with one attached hydrogen (secondary N) is 2. The molecule has 202 valence electrons. The van der Waals surface area contributed by atoms with Gasteiger partial charge >= 0.3 is 6.18 Å². The van der Waals surface area contributed by atoms with Crippen LogP contribution in [0.4, 0.5) is 13.2 Å². The number of pyridine rings is 2. The molecule has 0 radical (unpaired) electrons. The summed E-state index contributed by atoms with van der Waals surface area (Å²) in [6.07, 6.45) is -0.386. The number of aromatic hydroxyl groups is 1. The molecule has 0 aliphatic heterocycles. The van der Waals surface area contributed by atoms with Crippen molar-refractivity contribution in [3.05, 3.63) is 78.0 Å². The molecule has 0 bridgehead atoms. The fraction of sp³-hybridized carbons (Fsp3) is 0.379. The van der Waals surface area contributed by atoms with Crippen LogP contribution >= 0.6 is 0 Å². The first-order chi connectivity index (χ1) is 17.9. The van der Waals surface area contributed by atoms with Gasteiger partial charge in [-0.2, -0.15) is 13.2 Å². The Balaban J connectivity index is 1.63. The van der Waals surface area contributed by atoms with Crippen molar-refractivity contribution >= 4 is 10.9 Å². The van der Waals surface area contributed by atoms with E-state index in [2.05, 4.69) is 27.2 Å². The van der Waals surface area contributed by atoms with Crippen LogP contribution in [0.25, 0.3) is 22.0 Å². The monoisotopic (exact) mass is 526 g/mol. The van der Waals surface area contributed by atoms with E-state index in [1.807, 2.05) is 12.1 Å². The lowest BCUT2D eigenvalue weighted by Crippen LogP contribution is -2.50. The molecule has 3 heterocycles. The van der Waals surface area contributed by atoms with Crippen LogP contribution in [-0.4, -0.2) is 43.5 Å². The molecule has 4 N–H and O–H groups in total. The van der Waals surface area contributed by atoms with E-state index in [0.717, 1.165) is 29.6 Å². The topological polar surface area (TPSA) is 94.1 Å². The number of H-pyrrole nitrogens is 1. The Bertz CT molecular complexity index is 1390. The third-order valence-corrected chi connectivity index (χ3v) is 6.82. The second kappa shape index (κ2) is 10.7. The number of aromatic nitrogens is 3. The Morgan fingerprint density at radius 1 is 1.03 bits per heavy atom. The lowest BCUT2D eigenvalue weighted by atomic mass is 9.72. The number of rotatable bonds is 10. The third kappa shape index (κ3) is 6.00. The molecule has 0 saturated carbocycles. The molecule has 0 aliphatic carbocycles. The van der Waals surface area contributed by atoms with Gasteiger partial charge in [0.05, 0.1) is 17.4 Å². The molecule has 3 aromatic heterocycles. The number of aliphatic hydroxyl groups is 1. The van der Waals surface area contributed by atoms with E-state index in [4.69, 9.17) is 0 Å². The van der Waals surface area contributed by atoms with Crippen molar-refractivity contribution in [3.8, 4) is 16.9 Å². The molecule has 0 aliphatic rings. The first-order valence-corrected chi connectivity index (χ1v) is 12.6. The van der Waals surface area contributed by atoms with E-state index < -0.39 is 30.0 Å². The maximum absolute atomic E-state index is 14.4. The van der Waals surface area contributed by atoms with Gasteiger partial charge in [0.15, 0.2) is 5.60 Å². The number of fused-ring (bicyclic) bond motifs is 1. The number of halogens is 3. The summed E-state index contributed by atoms with van der Waals surface area (Å²) in [5.74, 6) is -0.131. The van der Waals surface area contributed by atoms with Gasteiger partial charge in [0.1, 0.15) is 5.75 Å². The molecule has 0 saturated heterocycles. The number of hydrogen-bond acceptors (Lipinski definition) is 5. The number of benzene rings is 1. The summed E-state index contributed by atoms with van der Waals surface area (Å²) in [4.78, 5) is 11.4. The van der Waals surface area contributed by atoms with Crippen LogP contribution in [0.5, 0.6) is 5.75 Å². The second-order valence-corrected chi connectivity index (χ2v) is 10.5. The largest absolute Gasteiger partial charge is 0.508 e. The van der Waals surface area contributed by atoms with Crippen molar-refractivity contribution in [2.24, 2.45) is 0 Å². The molecule has 1 unspecified atom stereocenters. The zero-order chi connectivity index (χ0) is 27.6. The number of nitrogens with zero attached hydrogens (tertiary/aromatic N) is 2. The number of phenols is 1. The lowest BCUT2D eigenvalue weighted by Gasteiger charge is -2.38. The molecule has 1 atom stereocenters. The van der Waals surface area contributed by atoms with Crippen LogP contribution in [0.2, 0.25) is 0 Å². The highest BCUT2D eigenvalue weighted by Gasteiger charge is 2.56. The summed E-state index contributed by atoms with van der Waals surface area (Å²) >= 11 is 0. The van der Waals surface area contributed by atoms with Gasteiger partial charge in [-0.3, -0.25) is 9.97 Å². The molecular formula is C29H33F3N4O2. The Hall–Kier alpha value is -3.43. The van der Waals surface area contributed by atoms with Crippen LogP contribution in [-0.2, 0) is 18.4 Å². The summed E-state index contributed by atoms with van der Waals surface area (Å²) in [5.41, 5.74) is -0.840. The average Bonchev–Trinajstić information content (AvgIpc) is 3.25. The van der Waals surface area contributed by atoms with E-state index in [-0.39, 0.29) is 11.4 Å². The number of alkyl halides is 3.